The number of benzene rings is 2. The molecular formula is C21H14ClF5N4O5S. The van der Waals surface area contributed by atoms with Crippen molar-refractivity contribution in [1.82, 2.24) is 19.3 Å². The average Bonchev–Trinajstić information content (AvgIpc) is 3.05. The number of hydrogen-bond donors (Lipinski definition) is 3. The molecule has 1 amide bonds. The van der Waals surface area contributed by atoms with E-state index in [-0.39, 0.29) is 10.7 Å². The van der Waals surface area contributed by atoms with Crippen LogP contribution in [-0.4, -0.2) is 46.9 Å². The molecule has 0 bridgehead atoms. The van der Waals surface area contributed by atoms with Gasteiger partial charge in [0, 0.05) is 29.5 Å². The van der Waals surface area contributed by atoms with Gasteiger partial charge in [0.2, 0.25) is 5.82 Å². The van der Waals surface area contributed by atoms with Crippen LogP contribution in [-0.2, 0) is 32.8 Å². The Hall–Kier alpha value is -3.40. The zero-order valence-electron chi connectivity index (χ0n) is 18.1. The van der Waals surface area contributed by atoms with Crippen molar-refractivity contribution in [3.05, 3.63) is 75.7 Å². The van der Waals surface area contributed by atoms with E-state index in [0.29, 0.717) is 15.2 Å². The van der Waals surface area contributed by atoms with E-state index < -0.39 is 81.9 Å². The number of amides is 1. The highest BCUT2D eigenvalue weighted by Crippen LogP contribution is 2.27. The quantitative estimate of drug-likeness (QED) is 0.174. The lowest BCUT2D eigenvalue weighted by Gasteiger charge is -2.25. The van der Waals surface area contributed by atoms with Crippen LogP contribution in [0, 0.1) is 29.1 Å². The summed E-state index contributed by atoms with van der Waals surface area (Å²) in [4.78, 5) is 28.4. The summed E-state index contributed by atoms with van der Waals surface area (Å²) in [6, 6.07) is 6.00. The van der Waals surface area contributed by atoms with Gasteiger partial charge in [-0.15, -0.1) is 0 Å². The predicted molar refractivity (Wildman–Crippen MR) is 118 cm³/mol. The molecule has 2 atom stereocenters. The summed E-state index contributed by atoms with van der Waals surface area (Å²) in [5.74, 6) is -14.7. The van der Waals surface area contributed by atoms with Gasteiger partial charge < -0.3 is 5.11 Å². The van der Waals surface area contributed by atoms with Crippen LogP contribution in [0.5, 0.6) is 0 Å². The number of rotatable bonds is 7. The molecule has 1 aliphatic rings. The van der Waals surface area contributed by atoms with Crippen LogP contribution >= 0.6 is 11.6 Å². The minimum atomic E-state index is -4.56. The van der Waals surface area contributed by atoms with Crippen molar-refractivity contribution >= 4 is 44.6 Å². The van der Waals surface area contributed by atoms with Gasteiger partial charge in [-0.3, -0.25) is 14.9 Å². The van der Waals surface area contributed by atoms with Gasteiger partial charge in [-0.25, -0.2) is 31.7 Å². The summed E-state index contributed by atoms with van der Waals surface area (Å²) in [5.41, 5.74) is -0.858. The van der Waals surface area contributed by atoms with Gasteiger partial charge >= 0.3 is 16.2 Å². The molecule has 4 rings (SSSR count). The highest BCUT2D eigenvalue weighted by Gasteiger charge is 2.46. The number of carbonyl (C=O) groups excluding carboxylic acids is 1. The molecule has 16 heteroatoms. The lowest BCUT2D eigenvalue weighted by Crippen LogP contribution is -2.53. The van der Waals surface area contributed by atoms with Crippen LogP contribution in [0.4, 0.5) is 22.0 Å². The number of aromatic nitrogens is 1. The van der Waals surface area contributed by atoms with Crippen molar-refractivity contribution in [3.63, 3.8) is 0 Å². The number of carbonyl (C=O) groups is 2. The van der Waals surface area contributed by atoms with E-state index in [1.165, 1.54) is 6.07 Å². The molecule has 0 saturated carbocycles. The number of para-hydroxylation sites is 1. The number of pyridine rings is 1. The minimum absolute atomic E-state index is 0.122. The number of carboxylic acids is 1. The third-order valence-electron chi connectivity index (χ3n) is 5.52. The zero-order valence-corrected chi connectivity index (χ0v) is 19.7. The van der Waals surface area contributed by atoms with Crippen LogP contribution in [0.3, 0.4) is 0 Å². The smallest absolute Gasteiger partial charge is 0.321 e. The standard InChI is InChI=1S/C21H14ClF5N4O5S/c22-18-9(5-8-3-1-2-4-11(8)28-18)7-31-19(20(32)30-37(31,35)36)29-12(21(33)34)6-10-13(23)15(25)17(27)16(26)14(10)24/h1-5,12,19,29H,6-7H2,(H,30,32)(H,33,34)/t12-,19+/m0/s1. The number of carboxylic acid groups (broad SMARTS) is 1. The van der Waals surface area contributed by atoms with Gasteiger partial charge in [0.1, 0.15) is 11.2 Å². The molecule has 2 heterocycles. The summed E-state index contributed by atoms with van der Waals surface area (Å²) in [7, 11) is -4.56. The first-order valence-corrected chi connectivity index (χ1v) is 12.0. The summed E-state index contributed by atoms with van der Waals surface area (Å²) < 4.78 is 96.1. The van der Waals surface area contributed by atoms with Crippen molar-refractivity contribution in [3.8, 4) is 0 Å². The number of nitrogens with one attached hydrogen (secondary N) is 2. The Morgan fingerprint density at radius 1 is 1.11 bits per heavy atom. The molecule has 3 aromatic rings. The highest BCUT2D eigenvalue weighted by atomic mass is 35.5. The average molecular weight is 565 g/mol. The first-order valence-electron chi connectivity index (χ1n) is 10.2. The van der Waals surface area contributed by atoms with Crippen molar-refractivity contribution in [1.29, 1.82) is 0 Å². The first-order chi connectivity index (χ1) is 17.3. The van der Waals surface area contributed by atoms with Gasteiger partial charge in [0.15, 0.2) is 29.4 Å². The van der Waals surface area contributed by atoms with E-state index in [9.17, 15) is 45.1 Å². The number of fused-ring (bicyclic) bond motifs is 1. The fraction of sp³-hybridized carbons (Fsp3) is 0.190. The summed E-state index contributed by atoms with van der Waals surface area (Å²) in [6.45, 7) is -0.593. The summed E-state index contributed by atoms with van der Waals surface area (Å²) >= 11 is 6.16. The third kappa shape index (κ3) is 4.94. The fourth-order valence-corrected chi connectivity index (χ4v) is 5.13. The van der Waals surface area contributed by atoms with Gasteiger partial charge in [-0.2, -0.15) is 12.7 Å². The molecule has 1 fully saturated rings. The zero-order chi connectivity index (χ0) is 27.2. The van der Waals surface area contributed by atoms with Gasteiger partial charge in [-0.05, 0) is 12.1 Å². The number of aliphatic carboxylic acids is 1. The van der Waals surface area contributed by atoms with Crippen LogP contribution in [0.2, 0.25) is 5.15 Å². The lowest BCUT2D eigenvalue weighted by molar-refractivity contribution is -0.140. The van der Waals surface area contributed by atoms with Crippen LogP contribution in [0.1, 0.15) is 11.1 Å². The molecular weight excluding hydrogens is 551 g/mol. The van der Waals surface area contributed by atoms with Crippen molar-refractivity contribution in [2.24, 2.45) is 0 Å². The number of hydrogen-bond acceptors (Lipinski definition) is 6. The maximum Gasteiger partial charge on any atom is 0.321 e. The molecule has 196 valence electrons. The second-order valence-corrected chi connectivity index (χ2v) is 9.84. The van der Waals surface area contributed by atoms with E-state index in [1.54, 1.807) is 29.0 Å². The topological polar surface area (TPSA) is 129 Å². The third-order valence-corrected chi connectivity index (χ3v) is 7.26. The van der Waals surface area contributed by atoms with E-state index in [4.69, 9.17) is 11.6 Å². The summed E-state index contributed by atoms with van der Waals surface area (Å²) in [5, 5.41) is 12.1. The van der Waals surface area contributed by atoms with Gasteiger partial charge in [0.05, 0.1) is 5.52 Å². The molecule has 0 unspecified atom stereocenters. The molecule has 37 heavy (non-hydrogen) atoms. The first kappa shape index (κ1) is 26.7. The van der Waals surface area contributed by atoms with Crippen LogP contribution < -0.4 is 10.0 Å². The molecule has 1 saturated heterocycles. The van der Waals surface area contributed by atoms with Crippen LogP contribution in [0.25, 0.3) is 10.9 Å². The van der Waals surface area contributed by atoms with E-state index in [2.05, 4.69) is 10.3 Å². The Balaban J connectivity index is 1.68. The molecule has 9 nitrogen and oxygen atoms in total. The number of halogens is 6. The minimum Gasteiger partial charge on any atom is -0.480 e. The number of nitrogens with zero attached hydrogens (tertiary/aromatic N) is 2. The molecule has 1 aliphatic heterocycles. The van der Waals surface area contributed by atoms with Crippen molar-refractivity contribution < 1.29 is 45.1 Å². The second-order valence-electron chi connectivity index (χ2n) is 7.86. The largest absolute Gasteiger partial charge is 0.480 e. The Morgan fingerprint density at radius 3 is 2.32 bits per heavy atom. The molecule has 2 aromatic carbocycles. The maximum absolute atomic E-state index is 14.1. The van der Waals surface area contributed by atoms with Gasteiger partial charge in [0.25, 0.3) is 5.91 Å². The Morgan fingerprint density at radius 2 is 1.70 bits per heavy atom. The molecule has 1 aromatic heterocycles. The monoisotopic (exact) mass is 564 g/mol. The van der Waals surface area contributed by atoms with E-state index in [0.717, 1.165) is 0 Å². The van der Waals surface area contributed by atoms with Gasteiger partial charge in [-0.1, -0.05) is 29.8 Å². The SMILES string of the molecule is O=C(O)[C@H](Cc1c(F)c(F)c(F)c(F)c1F)N[C@H]1C(=O)NS(=O)(=O)N1Cc1cc2ccccc2nc1Cl. The molecule has 0 radical (unpaired) electrons. The lowest BCUT2D eigenvalue weighted by atomic mass is 10.0. The second kappa shape index (κ2) is 9.81. The van der Waals surface area contributed by atoms with E-state index >= 15 is 0 Å². The highest BCUT2D eigenvalue weighted by molar-refractivity contribution is 7.88. The Labute approximate surface area is 210 Å². The van der Waals surface area contributed by atoms with Crippen LogP contribution in [0.15, 0.2) is 30.3 Å². The fourth-order valence-electron chi connectivity index (χ4n) is 3.70. The van der Waals surface area contributed by atoms with Crippen molar-refractivity contribution in [2.45, 2.75) is 25.2 Å². The maximum atomic E-state index is 14.1. The Kier molecular flexibility index (Phi) is 7.07. The Bertz CT molecular complexity index is 1530. The molecule has 0 spiro atoms. The molecule has 3 N–H and O–H groups in total. The predicted octanol–water partition coefficient (Wildman–Crippen LogP) is 2.37. The summed E-state index contributed by atoms with van der Waals surface area (Å²) in [6.07, 6.45) is -3.27. The van der Waals surface area contributed by atoms with Crippen molar-refractivity contribution in [2.75, 3.05) is 0 Å². The molecule has 0 aliphatic carbocycles. The van der Waals surface area contributed by atoms with E-state index in [1.807, 2.05) is 0 Å². The normalized spacial score (nSPS) is 18.2.